The minimum Gasteiger partial charge on any atom is -0.481 e. The summed E-state index contributed by atoms with van der Waals surface area (Å²) < 4.78 is 0. The molecule has 1 amide bonds. The monoisotopic (exact) mass is 344 g/mol. The maximum absolute atomic E-state index is 12.5. The van der Waals surface area contributed by atoms with Crippen molar-refractivity contribution in [1.82, 2.24) is 9.80 Å². The average Bonchev–Trinajstić information content (AvgIpc) is 2.50. The fourth-order valence-electron chi connectivity index (χ4n) is 2.47. The van der Waals surface area contributed by atoms with Crippen LogP contribution in [0.5, 0.6) is 0 Å². The zero-order chi connectivity index (χ0) is 16.1. The molecule has 1 N–H and O–H groups in total. The summed E-state index contributed by atoms with van der Waals surface area (Å²) in [5.41, 5.74) is 0.425. The van der Waals surface area contributed by atoms with Crippen LogP contribution < -0.4 is 0 Å². The van der Waals surface area contributed by atoms with Gasteiger partial charge in [-0.15, -0.1) is 0 Å². The van der Waals surface area contributed by atoms with E-state index < -0.39 is 5.97 Å². The predicted molar refractivity (Wildman–Crippen MR) is 85.7 cm³/mol. The predicted octanol–water partition coefficient (Wildman–Crippen LogP) is 2.62. The van der Waals surface area contributed by atoms with Crippen molar-refractivity contribution in [2.24, 2.45) is 0 Å². The summed E-state index contributed by atoms with van der Waals surface area (Å²) in [7, 11) is 0. The molecule has 1 aliphatic heterocycles. The summed E-state index contributed by atoms with van der Waals surface area (Å²) in [5.74, 6) is -0.887. The molecule has 1 aromatic rings. The first-order valence-corrected chi connectivity index (χ1v) is 7.92. The molecule has 1 saturated heterocycles. The van der Waals surface area contributed by atoms with Crippen molar-refractivity contribution in [2.75, 3.05) is 32.7 Å². The summed E-state index contributed by atoms with van der Waals surface area (Å²) in [4.78, 5) is 26.9. The first-order valence-electron chi connectivity index (χ1n) is 7.16. The number of benzene rings is 1. The Bertz CT molecular complexity index is 558. The van der Waals surface area contributed by atoms with Crippen molar-refractivity contribution in [3.63, 3.8) is 0 Å². The Morgan fingerprint density at radius 1 is 1.14 bits per heavy atom. The fourth-order valence-corrected chi connectivity index (χ4v) is 2.85. The number of carbonyl (C=O) groups excluding carboxylic acids is 1. The van der Waals surface area contributed by atoms with Crippen LogP contribution in [-0.2, 0) is 4.79 Å². The number of carboxylic acids is 1. The third-order valence-corrected chi connectivity index (χ3v) is 4.53. The Hall–Kier alpha value is -1.30. The molecule has 1 fully saturated rings. The number of piperazine rings is 1. The highest BCUT2D eigenvalue weighted by Gasteiger charge is 2.24. The molecule has 7 heteroatoms. The molecule has 0 aromatic heterocycles. The lowest BCUT2D eigenvalue weighted by molar-refractivity contribution is -0.137. The van der Waals surface area contributed by atoms with Crippen LogP contribution in [0.4, 0.5) is 0 Å². The normalized spacial score (nSPS) is 15.8. The van der Waals surface area contributed by atoms with Crippen molar-refractivity contribution < 1.29 is 14.7 Å². The molecule has 22 heavy (non-hydrogen) atoms. The molecule has 1 aliphatic rings. The van der Waals surface area contributed by atoms with Gasteiger partial charge in [-0.05, 0) is 25.1 Å². The van der Waals surface area contributed by atoms with Crippen LogP contribution in [0.1, 0.15) is 23.2 Å². The number of amides is 1. The molecule has 5 nitrogen and oxygen atoms in total. The molecule has 0 saturated carbocycles. The number of carboxylic acid groups (broad SMARTS) is 1. The van der Waals surface area contributed by atoms with E-state index in [0.717, 1.165) is 19.6 Å². The van der Waals surface area contributed by atoms with Gasteiger partial charge < -0.3 is 10.0 Å². The number of hydrogen-bond acceptors (Lipinski definition) is 3. The zero-order valence-corrected chi connectivity index (χ0v) is 13.6. The minimum absolute atomic E-state index is 0.113. The molecule has 2 rings (SSSR count). The highest BCUT2D eigenvalue weighted by atomic mass is 35.5. The molecular weight excluding hydrogens is 327 g/mol. The number of hydrogen-bond donors (Lipinski definition) is 1. The lowest BCUT2D eigenvalue weighted by Gasteiger charge is -2.34. The number of rotatable bonds is 5. The summed E-state index contributed by atoms with van der Waals surface area (Å²) in [6.07, 6.45) is 0.806. The number of nitrogens with zero attached hydrogens (tertiary/aromatic N) is 2. The number of halogens is 2. The summed E-state index contributed by atoms with van der Waals surface area (Å²) in [6.45, 7) is 3.43. The second kappa shape index (κ2) is 7.81. The van der Waals surface area contributed by atoms with Gasteiger partial charge in [0, 0.05) is 32.6 Å². The van der Waals surface area contributed by atoms with Crippen LogP contribution in [0.3, 0.4) is 0 Å². The van der Waals surface area contributed by atoms with E-state index in [0.29, 0.717) is 30.1 Å². The van der Waals surface area contributed by atoms with Crippen molar-refractivity contribution >= 4 is 35.1 Å². The van der Waals surface area contributed by atoms with Gasteiger partial charge in [0.25, 0.3) is 5.91 Å². The Kier molecular flexibility index (Phi) is 6.06. The second-order valence-corrected chi connectivity index (χ2v) is 6.02. The number of aliphatic carboxylic acids is 1. The second-order valence-electron chi connectivity index (χ2n) is 5.23. The fraction of sp³-hybridized carbons (Fsp3) is 0.467. The minimum atomic E-state index is -0.774. The smallest absolute Gasteiger partial charge is 0.303 e. The lowest BCUT2D eigenvalue weighted by Crippen LogP contribution is -2.48. The van der Waals surface area contributed by atoms with Gasteiger partial charge in [0.15, 0.2) is 0 Å². The van der Waals surface area contributed by atoms with Gasteiger partial charge in [0.05, 0.1) is 15.6 Å². The van der Waals surface area contributed by atoms with Crippen LogP contribution >= 0.6 is 23.2 Å². The standard InChI is InChI=1S/C15H18Cl2N2O3/c16-12-4-1-3-11(14(12)17)15(22)19-9-7-18(8-10-19)6-2-5-13(20)21/h1,3-4H,2,5-10H2,(H,20,21). The van der Waals surface area contributed by atoms with E-state index in [4.69, 9.17) is 28.3 Å². The van der Waals surface area contributed by atoms with Gasteiger partial charge in [0.1, 0.15) is 0 Å². The molecule has 1 aromatic carbocycles. The zero-order valence-electron chi connectivity index (χ0n) is 12.1. The van der Waals surface area contributed by atoms with Crippen LogP contribution in [0.2, 0.25) is 10.0 Å². The topological polar surface area (TPSA) is 60.9 Å². The van der Waals surface area contributed by atoms with Gasteiger partial charge in [-0.2, -0.15) is 0 Å². The first kappa shape index (κ1) is 17.1. The van der Waals surface area contributed by atoms with Crippen LogP contribution in [0.25, 0.3) is 0 Å². The third kappa shape index (κ3) is 4.35. The molecule has 0 aliphatic carbocycles. The summed E-state index contributed by atoms with van der Waals surface area (Å²) >= 11 is 12.0. The van der Waals surface area contributed by atoms with Crippen molar-refractivity contribution in [3.05, 3.63) is 33.8 Å². The molecule has 0 bridgehead atoms. The van der Waals surface area contributed by atoms with Gasteiger partial charge in [0.2, 0.25) is 0 Å². The van der Waals surface area contributed by atoms with E-state index >= 15 is 0 Å². The molecule has 0 atom stereocenters. The molecular formula is C15H18Cl2N2O3. The average molecular weight is 345 g/mol. The van der Waals surface area contributed by atoms with Gasteiger partial charge in [-0.25, -0.2) is 0 Å². The van der Waals surface area contributed by atoms with Crippen molar-refractivity contribution in [1.29, 1.82) is 0 Å². The van der Waals surface area contributed by atoms with E-state index in [9.17, 15) is 9.59 Å². The molecule has 0 spiro atoms. The Morgan fingerprint density at radius 3 is 2.45 bits per heavy atom. The molecule has 0 radical (unpaired) electrons. The van der Waals surface area contributed by atoms with Crippen LogP contribution in [-0.4, -0.2) is 59.5 Å². The van der Waals surface area contributed by atoms with Gasteiger partial charge in [-0.3, -0.25) is 14.5 Å². The quantitative estimate of drug-likeness (QED) is 0.891. The molecule has 1 heterocycles. The van der Waals surface area contributed by atoms with Crippen LogP contribution in [0, 0.1) is 0 Å². The van der Waals surface area contributed by atoms with E-state index in [1.165, 1.54) is 0 Å². The van der Waals surface area contributed by atoms with E-state index in [2.05, 4.69) is 4.90 Å². The Balaban J connectivity index is 1.87. The SMILES string of the molecule is O=C(O)CCCN1CCN(C(=O)c2cccc(Cl)c2Cl)CC1. The molecule has 0 unspecified atom stereocenters. The van der Waals surface area contributed by atoms with E-state index in [1.54, 1.807) is 23.1 Å². The Labute approximate surface area is 139 Å². The highest BCUT2D eigenvalue weighted by Crippen LogP contribution is 2.26. The maximum atomic E-state index is 12.5. The molecule has 120 valence electrons. The van der Waals surface area contributed by atoms with Gasteiger partial charge in [-0.1, -0.05) is 29.3 Å². The number of carbonyl (C=O) groups is 2. The Morgan fingerprint density at radius 2 is 1.82 bits per heavy atom. The lowest BCUT2D eigenvalue weighted by atomic mass is 10.1. The summed E-state index contributed by atoms with van der Waals surface area (Å²) in [5, 5.41) is 9.30. The van der Waals surface area contributed by atoms with Crippen molar-refractivity contribution in [3.8, 4) is 0 Å². The first-order chi connectivity index (χ1) is 10.5. The third-order valence-electron chi connectivity index (χ3n) is 3.71. The van der Waals surface area contributed by atoms with E-state index in [-0.39, 0.29) is 17.4 Å². The van der Waals surface area contributed by atoms with E-state index in [1.807, 2.05) is 0 Å². The highest BCUT2D eigenvalue weighted by molar-refractivity contribution is 6.43. The summed E-state index contributed by atoms with van der Waals surface area (Å²) in [6, 6.07) is 5.04. The van der Waals surface area contributed by atoms with Gasteiger partial charge >= 0.3 is 5.97 Å². The van der Waals surface area contributed by atoms with Crippen LogP contribution in [0.15, 0.2) is 18.2 Å². The van der Waals surface area contributed by atoms with Crippen molar-refractivity contribution in [2.45, 2.75) is 12.8 Å². The maximum Gasteiger partial charge on any atom is 0.303 e. The largest absolute Gasteiger partial charge is 0.481 e.